The van der Waals surface area contributed by atoms with Crippen LogP contribution in [0.25, 0.3) is 0 Å². The Kier molecular flexibility index (Phi) is 6.16. The van der Waals surface area contributed by atoms with Gasteiger partial charge in [0.2, 0.25) is 0 Å². The topological polar surface area (TPSA) is 87.3 Å². The smallest absolute Gasteiger partial charge is 0.328 e. The molecule has 0 aliphatic carbocycles. The maximum atomic E-state index is 14.7. The molecule has 1 aromatic heterocycles. The molecule has 2 amide bonds. The van der Waals surface area contributed by atoms with Crippen LogP contribution >= 0.6 is 0 Å². The molecule has 0 spiro atoms. The molecule has 2 aromatic carbocycles. The van der Waals surface area contributed by atoms with Crippen molar-refractivity contribution in [2.45, 2.75) is 24.9 Å². The number of carbonyl (C=O) groups excluding carboxylic acids is 2. The molecule has 0 bridgehead atoms. The van der Waals surface area contributed by atoms with Crippen molar-refractivity contribution < 1.29 is 23.1 Å². The number of esters is 1. The molecule has 0 saturated carbocycles. The summed E-state index contributed by atoms with van der Waals surface area (Å²) in [5.74, 6) is -1.88. The first-order valence-corrected chi connectivity index (χ1v) is 10.1. The van der Waals surface area contributed by atoms with E-state index in [1.54, 1.807) is 0 Å². The standard InChI is InChI=1S/C23H22F2N4O3/c1-32-22(30)19(11-14-5-3-2-4-6-14)28-23(31)29-10-9-18-20(27-13-26-18)21(29)16-12-15(24)7-8-17(16)25/h2-8,12-13,19,21H,9-11H2,1H3,(H,26,27)(H,28,31)/t19-,21-/m1/s1. The fraction of sp³-hybridized carbons (Fsp3) is 0.261. The summed E-state index contributed by atoms with van der Waals surface area (Å²) in [6, 6.07) is 9.79. The van der Waals surface area contributed by atoms with E-state index in [2.05, 4.69) is 15.3 Å². The maximum Gasteiger partial charge on any atom is 0.328 e. The Bertz CT molecular complexity index is 1120. The summed E-state index contributed by atoms with van der Waals surface area (Å²) in [5.41, 5.74) is 2.01. The number of nitrogens with one attached hydrogen (secondary N) is 2. The molecule has 0 unspecified atom stereocenters. The predicted octanol–water partition coefficient (Wildman–Crippen LogP) is 3.13. The molecular formula is C23H22F2N4O3. The first-order chi connectivity index (χ1) is 15.5. The number of hydrogen-bond acceptors (Lipinski definition) is 4. The van der Waals surface area contributed by atoms with E-state index in [4.69, 9.17) is 4.74 Å². The minimum absolute atomic E-state index is 0.00845. The normalized spacial score (nSPS) is 16.2. The van der Waals surface area contributed by atoms with Gasteiger partial charge in [0.15, 0.2) is 0 Å². The van der Waals surface area contributed by atoms with E-state index in [0.29, 0.717) is 12.1 Å². The number of carbonyl (C=O) groups is 2. The van der Waals surface area contributed by atoms with Gasteiger partial charge in [-0.25, -0.2) is 23.4 Å². The number of amides is 2. The number of ether oxygens (including phenoxy) is 1. The first-order valence-electron chi connectivity index (χ1n) is 10.1. The van der Waals surface area contributed by atoms with Gasteiger partial charge in [-0.1, -0.05) is 30.3 Å². The minimum Gasteiger partial charge on any atom is -0.467 e. The van der Waals surface area contributed by atoms with Crippen LogP contribution in [0, 0.1) is 11.6 Å². The van der Waals surface area contributed by atoms with Crippen LogP contribution in [0.15, 0.2) is 54.9 Å². The SMILES string of the molecule is COC(=O)[C@@H](Cc1ccccc1)NC(=O)N1CCc2[nH]cnc2[C@H]1c1cc(F)ccc1F. The highest BCUT2D eigenvalue weighted by Gasteiger charge is 2.37. The molecule has 7 nitrogen and oxygen atoms in total. The number of fused-ring (bicyclic) bond motifs is 1. The first kappa shape index (κ1) is 21.5. The zero-order valence-electron chi connectivity index (χ0n) is 17.3. The Morgan fingerprint density at radius 1 is 1.25 bits per heavy atom. The Morgan fingerprint density at radius 2 is 2.03 bits per heavy atom. The molecule has 0 saturated heterocycles. The molecule has 3 aromatic rings. The number of imidazole rings is 1. The molecule has 1 aliphatic heterocycles. The van der Waals surface area contributed by atoms with Crippen LogP contribution in [-0.4, -0.2) is 46.6 Å². The number of hydrogen-bond donors (Lipinski definition) is 2. The van der Waals surface area contributed by atoms with E-state index in [1.807, 2.05) is 30.3 Å². The van der Waals surface area contributed by atoms with Gasteiger partial charge in [-0.05, 0) is 23.8 Å². The molecule has 9 heteroatoms. The van der Waals surface area contributed by atoms with Crippen molar-refractivity contribution in [1.29, 1.82) is 0 Å². The lowest BCUT2D eigenvalue weighted by molar-refractivity contribution is -0.142. The van der Waals surface area contributed by atoms with Crippen LogP contribution in [-0.2, 0) is 22.4 Å². The van der Waals surface area contributed by atoms with E-state index in [9.17, 15) is 18.4 Å². The molecule has 32 heavy (non-hydrogen) atoms. The number of nitrogens with zero attached hydrogens (tertiary/aromatic N) is 2. The van der Waals surface area contributed by atoms with Crippen molar-refractivity contribution in [3.8, 4) is 0 Å². The molecule has 4 rings (SSSR count). The summed E-state index contributed by atoms with van der Waals surface area (Å²) in [7, 11) is 1.24. The van der Waals surface area contributed by atoms with Gasteiger partial charge in [0.05, 0.1) is 19.1 Å². The summed E-state index contributed by atoms with van der Waals surface area (Å²) in [5, 5.41) is 2.70. The van der Waals surface area contributed by atoms with Crippen molar-refractivity contribution in [2.24, 2.45) is 0 Å². The van der Waals surface area contributed by atoms with E-state index in [-0.39, 0.29) is 18.5 Å². The zero-order valence-corrected chi connectivity index (χ0v) is 17.3. The van der Waals surface area contributed by atoms with Crippen molar-refractivity contribution in [2.75, 3.05) is 13.7 Å². The van der Waals surface area contributed by atoms with Gasteiger partial charge in [0, 0.05) is 30.6 Å². The number of methoxy groups -OCH3 is 1. The van der Waals surface area contributed by atoms with Crippen LogP contribution in [0.5, 0.6) is 0 Å². The Labute approximate surface area is 183 Å². The highest BCUT2D eigenvalue weighted by Crippen LogP contribution is 2.35. The number of H-pyrrole nitrogens is 1. The molecule has 1 aliphatic rings. The lowest BCUT2D eigenvalue weighted by Crippen LogP contribution is -2.52. The van der Waals surface area contributed by atoms with Crippen LogP contribution in [0.2, 0.25) is 0 Å². The number of aromatic amines is 1. The highest BCUT2D eigenvalue weighted by molar-refractivity contribution is 5.84. The van der Waals surface area contributed by atoms with E-state index >= 15 is 0 Å². The number of urea groups is 1. The Balaban J connectivity index is 1.64. The largest absolute Gasteiger partial charge is 0.467 e. The second kappa shape index (κ2) is 9.17. The zero-order chi connectivity index (χ0) is 22.7. The number of aromatic nitrogens is 2. The maximum absolute atomic E-state index is 14.7. The molecular weight excluding hydrogens is 418 g/mol. The van der Waals surface area contributed by atoms with Crippen LogP contribution in [0.4, 0.5) is 13.6 Å². The van der Waals surface area contributed by atoms with Crippen LogP contribution in [0.3, 0.4) is 0 Å². The van der Waals surface area contributed by atoms with Gasteiger partial charge in [0.25, 0.3) is 0 Å². The number of benzene rings is 2. The van der Waals surface area contributed by atoms with Gasteiger partial charge in [-0.3, -0.25) is 0 Å². The lowest BCUT2D eigenvalue weighted by Gasteiger charge is -2.36. The third-order valence-electron chi connectivity index (χ3n) is 5.50. The fourth-order valence-corrected chi connectivity index (χ4v) is 3.95. The van der Waals surface area contributed by atoms with E-state index < -0.39 is 35.7 Å². The molecule has 0 radical (unpaired) electrons. The van der Waals surface area contributed by atoms with Gasteiger partial charge in [0.1, 0.15) is 23.7 Å². The van der Waals surface area contributed by atoms with E-state index in [1.165, 1.54) is 18.3 Å². The highest BCUT2D eigenvalue weighted by atomic mass is 19.1. The monoisotopic (exact) mass is 440 g/mol. The molecule has 2 heterocycles. The van der Waals surface area contributed by atoms with Gasteiger partial charge in [-0.2, -0.15) is 0 Å². The number of halogens is 2. The van der Waals surface area contributed by atoms with Crippen LogP contribution in [0.1, 0.15) is 28.6 Å². The average Bonchev–Trinajstić information content (AvgIpc) is 3.28. The van der Waals surface area contributed by atoms with Crippen molar-refractivity contribution in [1.82, 2.24) is 20.2 Å². The van der Waals surface area contributed by atoms with Crippen molar-refractivity contribution in [3.63, 3.8) is 0 Å². The van der Waals surface area contributed by atoms with Gasteiger partial charge >= 0.3 is 12.0 Å². The van der Waals surface area contributed by atoms with Crippen molar-refractivity contribution >= 4 is 12.0 Å². The van der Waals surface area contributed by atoms with Gasteiger partial charge < -0.3 is 19.9 Å². The summed E-state index contributed by atoms with van der Waals surface area (Å²) >= 11 is 0. The van der Waals surface area contributed by atoms with E-state index in [0.717, 1.165) is 29.5 Å². The fourth-order valence-electron chi connectivity index (χ4n) is 3.95. The number of rotatable bonds is 5. The summed E-state index contributed by atoms with van der Waals surface area (Å²) in [4.78, 5) is 34.3. The Morgan fingerprint density at radius 3 is 2.78 bits per heavy atom. The molecule has 2 N–H and O–H groups in total. The second-order valence-electron chi connectivity index (χ2n) is 7.49. The van der Waals surface area contributed by atoms with Crippen molar-refractivity contribution in [3.05, 3.63) is 89.0 Å². The van der Waals surface area contributed by atoms with Crippen LogP contribution < -0.4 is 5.32 Å². The third-order valence-corrected chi connectivity index (χ3v) is 5.50. The minimum atomic E-state index is -0.950. The van der Waals surface area contributed by atoms with Gasteiger partial charge in [-0.15, -0.1) is 0 Å². The average molecular weight is 440 g/mol. The predicted molar refractivity (Wildman–Crippen MR) is 112 cm³/mol. The summed E-state index contributed by atoms with van der Waals surface area (Å²) < 4.78 is 33.5. The summed E-state index contributed by atoms with van der Waals surface area (Å²) in [6.45, 7) is 0.223. The molecule has 166 valence electrons. The third kappa shape index (κ3) is 4.32. The quantitative estimate of drug-likeness (QED) is 0.597. The summed E-state index contributed by atoms with van der Waals surface area (Å²) in [6.07, 6.45) is 2.14. The molecule has 2 atom stereocenters. The lowest BCUT2D eigenvalue weighted by atomic mass is 9.95. The molecule has 0 fully saturated rings. The Hall–Kier alpha value is -3.75. The second-order valence-corrected chi connectivity index (χ2v) is 7.49.